The molecule has 0 saturated carbocycles. The summed E-state index contributed by atoms with van der Waals surface area (Å²) in [5.74, 6) is 1.44. The Kier molecular flexibility index (Phi) is 6.87. The van der Waals surface area contributed by atoms with Crippen LogP contribution in [0.15, 0.2) is 42.5 Å². The van der Waals surface area contributed by atoms with Crippen LogP contribution in [0.2, 0.25) is 0 Å². The summed E-state index contributed by atoms with van der Waals surface area (Å²) in [4.78, 5) is 12.3. The number of amides is 1. The van der Waals surface area contributed by atoms with Crippen molar-refractivity contribution in [3.8, 4) is 11.5 Å². The van der Waals surface area contributed by atoms with E-state index in [0.717, 1.165) is 16.9 Å². The van der Waals surface area contributed by atoms with Gasteiger partial charge < -0.3 is 14.8 Å². The Morgan fingerprint density at radius 2 is 1.72 bits per heavy atom. The molecule has 0 aliphatic carbocycles. The number of rotatable bonds is 8. The fourth-order valence-electron chi connectivity index (χ4n) is 2.51. The second-order valence-corrected chi connectivity index (χ2v) is 6.24. The summed E-state index contributed by atoms with van der Waals surface area (Å²) in [7, 11) is 0. The number of carbonyl (C=O) groups excluding carboxylic acids is 1. The molecule has 2 aromatic carbocycles. The van der Waals surface area contributed by atoms with Gasteiger partial charge in [0.05, 0.1) is 6.54 Å². The number of hydrogen-bond acceptors (Lipinski definition) is 3. The lowest BCUT2D eigenvalue weighted by Crippen LogP contribution is -2.39. The fourth-order valence-corrected chi connectivity index (χ4v) is 2.51. The molecule has 2 rings (SSSR count). The Morgan fingerprint density at radius 3 is 2.36 bits per heavy atom. The summed E-state index contributed by atoms with van der Waals surface area (Å²) >= 11 is 0. The smallest absolute Gasteiger partial charge is 0.261 e. The molecular formula is C21H27NO3. The SMILES string of the molecule is CC[C@@H](Oc1ccc(C)cc1)C(=O)NCCOc1ccc(C)cc1C. The summed E-state index contributed by atoms with van der Waals surface area (Å²) in [6.07, 6.45) is 0.112. The van der Waals surface area contributed by atoms with Crippen molar-refractivity contribution in [2.45, 2.75) is 40.2 Å². The van der Waals surface area contributed by atoms with Crippen LogP contribution in [0, 0.1) is 20.8 Å². The first-order valence-electron chi connectivity index (χ1n) is 8.70. The van der Waals surface area contributed by atoms with Crippen molar-refractivity contribution >= 4 is 5.91 Å². The molecule has 4 heteroatoms. The summed E-state index contributed by atoms with van der Waals surface area (Å²) in [6.45, 7) is 8.89. The van der Waals surface area contributed by atoms with E-state index in [4.69, 9.17) is 9.47 Å². The molecule has 0 aliphatic rings. The van der Waals surface area contributed by atoms with Gasteiger partial charge in [-0.2, -0.15) is 0 Å². The van der Waals surface area contributed by atoms with Gasteiger partial charge in [-0.3, -0.25) is 4.79 Å². The van der Waals surface area contributed by atoms with Crippen molar-refractivity contribution in [2.24, 2.45) is 0 Å². The summed E-state index contributed by atoms with van der Waals surface area (Å²) in [6, 6.07) is 13.8. The highest BCUT2D eigenvalue weighted by atomic mass is 16.5. The molecule has 0 aromatic heterocycles. The molecule has 0 saturated heterocycles. The zero-order valence-electron chi connectivity index (χ0n) is 15.5. The van der Waals surface area contributed by atoms with Gasteiger partial charge >= 0.3 is 0 Å². The molecule has 0 spiro atoms. The van der Waals surface area contributed by atoms with E-state index >= 15 is 0 Å². The molecular weight excluding hydrogens is 314 g/mol. The van der Waals surface area contributed by atoms with E-state index in [0.29, 0.717) is 25.3 Å². The number of carbonyl (C=O) groups is 1. The predicted octanol–water partition coefficient (Wildman–Crippen LogP) is 3.96. The van der Waals surface area contributed by atoms with Crippen LogP contribution in [0.4, 0.5) is 0 Å². The zero-order chi connectivity index (χ0) is 18.2. The van der Waals surface area contributed by atoms with Crippen molar-refractivity contribution in [3.05, 3.63) is 59.2 Å². The zero-order valence-corrected chi connectivity index (χ0v) is 15.5. The maximum absolute atomic E-state index is 12.3. The minimum atomic E-state index is -0.496. The van der Waals surface area contributed by atoms with E-state index < -0.39 is 6.10 Å². The highest BCUT2D eigenvalue weighted by molar-refractivity contribution is 5.81. The lowest BCUT2D eigenvalue weighted by atomic mass is 10.1. The van der Waals surface area contributed by atoms with Gasteiger partial charge in [-0.05, 0) is 51.0 Å². The topological polar surface area (TPSA) is 47.6 Å². The van der Waals surface area contributed by atoms with Crippen LogP contribution in [-0.2, 0) is 4.79 Å². The number of ether oxygens (including phenoxy) is 2. The molecule has 1 atom stereocenters. The van der Waals surface area contributed by atoms with Gasteiger partial charge in [-0.25, -0.2) is 0 Å². The lowest BCUT2D eigenvalue weighted by Gasteiger charge is -2.17. The van der Waals surface area contributed by atoms with E-state index in [-0.39, 0.29) is 5.91 Å². The van der Waals surface area contributed by atoms with Gasteiger partial charge in [0, 0.05) is 0 Å². The third kappa shape index (κ3) is 5.82. The van der Waals surface area contributed by atoms with Crippen LogP contribution < -0.4 is 14.8 Å². The summed E-state index contributed by atoms with van der Waals surface area (Å²) < 4.78 is 11.5. The third-order valence-electron chi connectivity index (χ3n) is 3.95. The Morgan fingerprint density at radius 1 is 1.04 bits per heavy atom. The molecule has 2 aromatic rings. The first-order valence-corrected chi connectivity index (χ1v) is 8.70. The molecule has 1 N–H and O–H groups in total. The van der Waals surface area contributed by atoms with Gasteiger partial charge in [0.25, 0.3) is 5.91 Å². The molecule has 25 heavy (non-hydrogen) atoms. The Bertz CT molecular complexity index is 695. The van der Waals surface area contributed by atoms with E-state index in [9.17, 15) is 4.79 Å². The lowest BCUT2D eigenvalue weighted by molar-refractivity contribution is -0.128. The van der Waals surface area contributed by atoms with Crippen molar-refractivity contribution in [1.29, 1.82) is 0 Å². The maximum atomic E-state index is 12.3. The number of nitrogens with one attached hydrogen (secondary N) is 1. The summed E-state index contributed by atoms with van der Waals surface area (Å²) in [5, 5.41) is 2.88. The monoisotopic (exact) mass is 341 g/mol. The average molecular weight is 341 g/mol. The minimum absolute atomic E-state index is 0.118. The van der Waals surface area contributed by atoms with E-state index in [1.165, 1.54) is 5.56 Å². The quantitative estimate of drug-likeness (QED) is 0.739. The second kappa shape index (κ2) is 9.11. The van der Waals surface area contributed by atoms with Gasteiger partial charge in [0.1, 0.15) is 18.1 Å². The molecule has 0 bridgehead atoms. The van der Waals surface area contributed by atoms with Crippen molar-refractivity contribution in [1.82, 2.24) is 5.32 Å². The number of hydrogen-bond donors (Lipinski definition) is 1. The first-order chi connectivity index (χ1) is 12.0. The van der Waals surface area contributed by atoms with Crippen LogP contribution in [0.25, 0.3) is 0 Å². The third-order valence-corrected chi connectivity index (χ3v) is 3.95. The highest BCUT2D eigenvalue weighted by Gasteiger charge is 2.17. The van der Waals surface area contributed by atoms with E-state index in [1.807, 2.05) is 57.2 Å². The van der Waals surface area contributed by atoms with Crippen molar-refractivity contribution in [2.75, 3.05) is 13.2 Å². The van der Waals surface area contributed by atoms with Gasteiger partial charge in [-0.15, -0.1) is 0 Å². The van der Waals surface area contributed by atoms with Crippen molar-refractivity contribution < 1.29 is 14.3 Å². The van der Waals surface area contributed by atoms with Crippen LogP contribution in [0.3, 0.4) is 0 Å². The van der Waals surface area contributed by atoms with Crippen molar-refractivity contribution in [3.63, 3.8) is 0 Å². The molecule has 134 valence electrons. The first kappa shape index (κ1) is 18.8. The fraction of sp³-hybridized carbons (Fsp3) is 0.381. The predicted molar refractivity (Wildman–Crippen MR) is 100 cm³/mol. The molecule has 0 radical (unpaired) electrons. The van der Waals surface area contributed by atoms with Gasteiger partial charge in [-0.1, -0.05) is 42.3 Å². The largest absolute Gasteiger partial charge is 0.491 e. The molecule has 0 aliphatic heterocycles. The van der Waals surface area contributed by atoms with Gasteiger partial charge in [0.2, 0.25) is 0 Å². The standard InChI is InChI=1S/C21H27NO3/c1-5-19(25-18-9-6-15(2)7-10-18)21(23)22-12-13-24-20-11-8-16(3)14-17(20)4/h6-11,14,19H,5,12-13H2,1-4H3,(H,22,23)/t19-/m1/s1. The molecule has 4 nitrogen and oxygen atoms in total. The molecule has 0 heterocycles. The van der Waals surface area contributed by atoms with E-state index in [1.54, 1.807) is 0 Å². The van der Waals surface area contributed by atoms with Gasteiger partial charge in [0.15, 0.2) is 6.10 Å². The van der Waals surface area contributed by atoms with Crippen LogP contribution in [0.1, 0.15) is 30.0 Å². The molecule has 0 unspecified atom stereocenters. The highest BCUT2D eigenvalue weighted by Crippen LogP contribution is 2.18. The van der Waals surface area contributed by atoms with Crippen LogP contribution in [0.5, 0.6) is 11.5 Å². The normalized spacial score (nSPS) is 11.7. The maximum Gasteiger partial charge on any atom is 0.261 e. The average Bonchev–Trinajstić information content (AvgIpc) is 2.59. The van der Waals surface area contributed by atoms with E-state index in [2.05, 4.69) is 18.3 Å². The Labute approximate surface area is 150 Å². The number of benzene rings is 2. The second-order valence-electron chi connectivity index (χ2n) is 6.24. The summed E-state index contributed by atoms with van der Waals surface area (Å²) in [5.41, 5.74) is 3.46. The van der Waals surface area contributed by atoms with Crippen LogP contribution >= 0.6 is 0 Å². The Hall–Kier alpha value is -2.49. The molecule has 0 fully saturated rings. The van der Waals surface area contributed by atoms with Crippen LogP contribution in [-0.4, -0.2) is 25.2 Å². The minimum Gasteiger partial charge on any atom is -0.491 e. The Balaban J connectivity index is 1.78. The number of aryl methyl sites for hydroxylation is 3. The molecule has 1 amide bonds.